The first kappa shape index (κ1) is 18.4. The third-order valence-electron chi connectivity index (χ3n) is 4.13. The van der Waals surface area contributed by atoms with Gasteiger partial charge in [-0.3, -0.25) is 9.59 Å². The molecule has 1 atom stereocenters. The number of nitrogens with two attached hydrogens (primary N) is 1. The van der Waals surface area contributed by atoms with Crippen LogP contribution in [0.4, 0.5) is 5.69 Å². The van der Waals surface area contributed by atoms with E-state index < -0.39 is 10.0 Å². The highest BCUT2D eigenvalue weighted by Crippen LogP contribution is 2.26. The molecule has 7 nitrogen and oxygen atoms in total. The molecule has 1 aliphatic rings. The van der Waals surface area contributed by atoms with Gasteiger partial charge in [-0.2, -0.15) is 0 Å². The van der Waals surface area contributed by atoms with E-state index in [9.17, 15) is 18.0 Å². The van der Waals surface area contributed by atoms with Crippen molar-refractivity contribution in [2.45, 2.75) is 20.3 Å². The van der Waals surface area contributed by atoms with Crippen LogP contribution in [0.2, 0.25) is 0 Å². The summed E-state index contributed by atoms with van der Waals surface area (Å²) in [6.45, 7) is 5.33. The maximum Gasteiger partial charge on any atom is 0.253 e. The highest BCUT2D eigenvalue weighted by atomic mass is 32.2. The Bertz CT molecular complexity index is 729. The minimum Gasteiger partial charge on any atom is -0.339 e. The molecule has 0 aliphatic carbocycles. The zero-order valence-corrected chi connectivity index (χ0v) is 14.8. The van der Waals surface area contributed by atoms with Crippen molar-refractivity contribution >= 4 is 27.5 Å². The molecule has 1 fully saturated rings. The molecule has 8 heteroatoms. The first-order valence-electron chi connectivity index (χ1n) is 7.95. The molecule has 2 rings (SSSR count). The van der Waals surface area contributed by atoms with Gasteiger partial charge in [-0.25, -0.2) is 13.6 Å². The summed E-state index contributed by atoms with van der Waals surface area (Å²) < 4.78 is 22.4. The fraction of sp³-hybridized carbons (Fsp3) is 0.500. The number of hydrogen-bond acceptors (Lipinski definition) is 4. The van der Waals surface area contributed by atoms with Crippen molar-refractivity contribution in [1.82, 2.24) is 4.90 Å². The molecule has 2 N–H and O–H groups in total. The van der Waals surface area contributed by atoms with Crippen molar-refractivity contribution in [3.63, 3.8) is 0 Å². The fourth-order valence-electron chi connectivity index (χ4n) is 2.97. The Morgan fingerprint density at radius 1 is 1.33 bits per heavy atom. The standard InChI is InChI=1S/C16H23N3O4S/c1-3-18(4-2)16(21)13-6-5-7-14(9-13)19-10-12(8-15(19)20)11-24(17,22)23/h5-7,9,12H,3-4,8,10-11H2,1-2H3,(H2,17,22,23). The molecular weight excluding hydrogens is 330 g/mol. The molecule has 2 amide bonds. The maximum absolute atomic E-state index is 12.4. The zero-order chi connectivity index (χ0) is 17.9. The summed E-state index contributed by atoms with van der Waals surface area (Å²) in [4.78, 5) is 27.9. The average molecular weight is 353 g/mol. The van der Waals surface area contributed by atoms with E-state index in [4.69, 9.17) is 5.14 Å². The van der Waals surface area contributed by atoms with E-state index in [1.54, 1.807) is 29.2 Å². The summed E-state index contributed by atoms with van der Waals surface area (Å²) in [5.41, 5.74) is 1.12. The Hall–Kier alpha value is -1.93. The molecule has 0 spiro atoms. The number of primary sulfonamides is 1. The van der Waals surface area contributed by atoms with Crippen molar-refractivity contribution in [2.24, 2.45) is 11.1 Å². The third kappa shape index (κ3) is 4.33. The highest BCUT2D eigenvalue weighted by Gasteiger charge is 2.33. The van der Waals surface area contributed by atoms with Crippen LogP contribution in [0.5, 0.6) is 0 Å². The van der Waals surface area contributed by atoms with E-state index >= 15 is 0 Å². The lowest BCUT2D eigenvalue weighted by Crippen LogP contribution is -2.31. The van der Waals surface area contributed by atoms with Gasteiger partial charge >= 0.3 is 0 Å². The number of rotatable bonds is 6. The molecule has 1 aromatic rings. The molecule has 0 bridgehead atoms. The Labute approximate surface area is 142 Å². The van der Waals surface area contributed by atoms with Crippen molar-refractivity contribution < 1.29 is 18.0 Å². The first-order valence-corrected chi connectivity index (χ1v) is 9.66. The Morgan fingerprint density at radius 2 is 2.00 bits per heavy atom. The van der Waals surface area contributed by atoms with E-state index in [1.807, 2.05) is 13.8 Å². The van der Waals surface area contributed by atoms with Crippen LogP contribution in [0.25, 0.3) is 0 Å². The smallest absolute Gasteiger partial charge is 0.253 e. The topological polar surface area (TPSA) is 101 Å². The van der Waals surface area contributed by atoms with Gasteiger partial charge in [0.15, 0.2) is 0 Å². The van der Waals surface area contributed by atoms with Crippen molar-refractivity contribution in [3.05, 3.63) is 29.8 Å². The molecule has 24 heavy (non-hydrogen) atoms. The van der Waals surface area contributed by atoms with Crippen LogP contribution in [0.15, 0.2) is 24.3 Å². The van der Waals surface area contributed by atoms with Gasteiger partial charge in [0.25, 0.3) is 5.91 Å². The van der Waals surface area contributed by atoms with E-state index in [-0.39, 0.29) is 36.5 Å². The Balaban J connectivity index is 2.20. The van der Waals surface area contributed by atoms with Crippen molar-refractivity contribution in [2.75, 3.05) is 30.3 Å². The van der Waals surface area contributed by atoms with Crippen molar-refractivity contribution in [3.8, 4) is 0 Å². The third-order valence-corrected chi connectivity index (χ3v) is 5.06. The minimum absolute atomic E-state index is 0.0884. The van der Waals surface area contributed by atoms with Gasteiger partial charge in [-0.1, -0.05) is 6.07 Å². The van der Waals surface area contributed by atoms with Crippen LogP contribution >= 0.6 is 0 Å². The molecule has 1 unspecified atom stereocenters. The second kappa shape index (κ2) is 7.31. The molecule has 1 heterocycles. The van der Waals surface area contributed by atoms with Crippen LogP contribution < -0.4 is 10.0 Å². The summed E-state index contributed by atoms with van der Waals surface area (Å²) in [7, 11) is -3.62. The molecule has 132 valence electrons. The number of amides is 2. The number of carbonyl (C=O) groups excluding carboxylic acids is 2. The van der Waals surface area contributed by atoms with E-state index in [1.165, 1.54) is 4.90 Å². The monoisotopic (exact) mass is 353 g/mol. The van der Waals surface area contributed by atoms with Gasteiger partial charge in [0.05, 0.1) is 5.75 Å². The number of nitrogens with zero attached hydrogens (tertiary/aromatic N) is 2. The van der Waals surface area contributed by atoms with Gasteiger partial charge in [-0.15, -0.1) is 0 Å². The summed E-state index contributed by atoms with van der Waals surface area (Å²) >= 11 is 0. The van der Waals surface area contributed by atoms with Gasteiger partial charge in [0, 0.05) is 43.2 Å². The molecule has 1 saturated heterocycles. The minimum atomic E-state index is -3.62. The highest BCUT2D eigenvalue weighted by molar-refractivity contribution is 7.89. The Morgan fingerprint density at radius 3 is 2.58 bits per heavy atom. The van der Waals surface area contributed by atoms with Crippen LogP contribution in [0.3, 0.4) is 0 Å². The lowest BCUT2D eigenvalue weighted by atomic mass is 10.1. The number of carbonyl (C=O) groups is 2. The average Bonchev–Trinajstić information content (AvgIpc) is 2.87. The lowest BCUT2D eigenvalue weighted by molar-refractivity contribution is -0.117. The normalized spacial score (nSPS) is 18.0. The van der Waals surface area contributed by atoms with E-state index in [0.717, 1.165) is 0 Å². The zero-order valence-electron chi connectivity index (χ0n) is 13.9. The van der Waals surface area contributed by atoms with Gasteiger partial charge in [0.2, 0.25) is 15.9 Å². The Kier molecular flexibility index (Phi) is 5.61. The second-order valence-corrected chi connectivity index (χ2v) is 7.59. The van der Waals surface area contributed by atoms with E-state index in [0.29, 0.717) is 24.3 Å². The molecule has 0 aromatic heterocycles. The SMILES string of the molecule is CCN(CC)C(=O)c1cccc(N2CC(CS(N)(=O)=O)CC2=O)c1. The van der Waals surface area contributed by atoms with Gasteiger partial charge in [-0.05, 0) is 32.0 Å². The molecule has 0 saturated carbocycles. The quantitative estimate of drug-likeness (QED) is 0.818. The molecule has 0 radical (unpaired) electrons. The summed E-state index contributed by atoms with van der Waals surface area (Å²) in [6.07, 6.45) is 0.144. The summed E-state index contributed by atoms with van der Waals surface area (Å²) in [5.74, 6) is -0.784. The van der Waals surface area contributed by atoms with Crippen LogP contribution in [-0.4, -0.2) is 50.5 Å². The number of hydrogen-bond donors (Lipinski definition) is 1. The van der Waals surface area contributed by atoms with Crippen LogP contribution in [0.1, 0.15) is 30.6 Å². The summed E-state index contributed by atoms with van der Waals surface area (Å²) in [6, 6.07) is 6.87. The fourth-order valence-corrected chi connectivity index (χ4v) is 3.85. The van der Waals surface area contributed by atoms with Crippen molar-refractivity contribution in [1.29, 1.82) is 0 Å². The van der Waals surface area contributed by atoms with E-state index in [2.05, 4.69) is 0 Å². The van der Waals surface area contributed by atoms with Crippen LogP contribution in [-0.2, 0) is 14.8 Å². The first-order chi connectivity index (χ1) is 11.2. The van der Waals surface area contributed by atoms with Gasteiger partial charge in [0.1, 0.15) is 0 Å². The number of benzene rings is 1. The molecular formula is C16H23N3O4S. The van der Waals surface area contributed by atoms with Gasteiger partial charge < -0.3 is 9.80 Å². The number of sulfonamides is 1. The predicted molar refractivity (Wildman–Crippen MR) is 92.1 cm³/mol. The second-order valence-electron chi connectivity index (χ2n) is 5.93. The lowest BCUT2D eigenvalue weighted by Gasteiger charge is -2.21. The largest absolute Gasteiger partial charge is 0.339 e. The molecule has 1 aromatic carbocycles. The van der Waals surface area contributed by atoms with Crippen LogP contribution in [0, 0.1) is 5.92 Å². The summed E-state index contributed by atoms with van der Waals surface area (Å²) in [5, 5.41) is 5.06. The maximum atomic E-state index is 12.4. The molecule has 1 aliphatic heterocycles. The predicted octanol–water partition coefficient (Wildman–Crippen LogP) is 0.810. The number of anilines is 1.